The quantitative estimate of drug-likeness (QED) is 0.686. The number of amides is 1. The van der Waals surface area contributed by atoms with Crippen molar-refractivity contribution >= 4 is 32.7 Å². The van der Waals surface area contributed by atoms with Gasteiger partial charge in [-0.15, -0.1) is 0 Å². The lowest BCUT2D eigenvalue weighted by Crippen LogP contribution is -2.34. The third-order valence-corrected chi connectivity index (χ3v) is 4.75. The van der Waals surface area contributed by atoms with Crippen molar-refractivity contribution in [2.24, 2.45) is 0 Å². The molecule has 3 rings (SSSR count). The number of rotatable bonds is 4. The zero-order valence-electron chi connectivity index (χ0n) is 14.4. The van der Waals surface area contributed by atoms with Crippen LogP contribution < -0.4 is 16.6 Å². The van der Waals surface area contributed by atoms with Crippen LogP contribution in [0.2, 0.25) is 0 Å². The summed E-state index contributed by atoms with van der Waals surface area (Å²) in [6.07, 6.45) is 0. The molecule has 1 aromatic heterocycles. The van der Waals surface area contributed by atoms with E-state index in [1.54, 1.807) is 19.1 Å². The number of carbonyl (C=O) groups is 1. The highest BCUT2D eigenvalue weighted by atomic mass is 79.9. The largest absolute Gasteiger partial charge is 0.346 e. The van der Waals surface area contributed by atoms with Gasteiger partial charge in [-0.3, -0.25) is 14.2 Å². The molecule has 2 N–H and O–H groups in total. The van der Waals surface area contributed by atoms with Crippen molar-refractivity contribution in [1.29, 1.82) is 0 Å². The maximum absolute atomic E-state index is 12.6. The second-order valence-corrected chi connectivity index (χ2v) is 6.91. The molecule has 0 saturated carbocycles. The Morgan fingerprint density at radius 1 is 1.23 bits per heavy atom. The summed E-state index contributed by atoms with van der Waals surface area (Å²) in [4.78, 5) is 39.5. The molecule has 7 heteroatoms. The predicted molar refractivity (Wildman–Crippen MR) is 105 cm³/mol. The van der Waals surface area contributed by atoms with E-state index in [-0.39, 0.29) is 24.1 Å². The van der Waals surface area contributed by atoms with E-state index in [0.717, 1.165) is 14.6 Å². The Hall–Kier alpha value is -2.67. The first-order valence-corrected chi connectivity index (χ1v) is 9.03. The first-order valence-electron chi connectivity index (χ1n) is 8.24. The minimum absolute atomic E-state index is 0.192. The molecule has 1 atom stereocenters. The lowest BCUT2D eigenvalue weighted by molar-refractivity contribution is 0.0940. The summed E-state index contributed by atoms with van der Waals surface area (Å²) in [5.74, 6) is -0.278. The van der Waals surface area contributed by atoms with Gasteiger partial charge in [0.15, 0.2) is 0 Å². The fourth-order valence-electron chi connectivity index (χ4n) is 2.82. The lowest BCUT2D eigenvalue weighted by atomic mass is 10.1. The molecule has 134 valence electrons. The average molecular weight is 416 g/mol. The van der Waals surface area contributed by atoms with Gasteiger partial charge in [-0.2, -0.15) is 0 Å². The van der Waals surface area contributed by atoms with Crippen molar-refractivity contribution in [2.75, 3.05) is 0 Å². The second kappa shape index (κ2) is 7.29. The zero-order valence-corrected chi connectivity index (χ0v) is 16.0. The van der Waals surface area contributed by atoms with Crippen LogP contribution in [-0.2, 0) is 6.54 Å². The summed E-state index contributed by atoms with van der Waals surface area (Å²) in [5, 5.41) is 3.30. The van der Waals surface area contributed by atoms with Gasteiger partial charge in [0.05, 0.1) is 16.9 Å². The topological polar surface area (TPSA) is 84.0 Å². The van der Waals surface area contributed by atoms with Gasteiger partial charge in [0.25, 0.3) is 11.5 Å². The van der Waals surface area contributed by atoms with Crippen LogP contribution in [0.4, 0.5) is 0 Å². The van der Waals surface area contributed by atoms with Gasteiger partial charge in [-0.05, 0) is 49.7 Å². The van der Waals surface area contributed by atoms with Crippen molar-refractivity contribution in [2.45, 2.75) is 26.4 Å². The molecule has 1 unspecified atom stereocenters. The first-order chi connectivity index (χ1) is 12.4. The maximum Gasteiger partial charge on any atom is 0.328 e. The van der Waals surface area contributed by atoms with Crippen molar-refractivity contribution in [3.8, 4) is 0 Å². The molecule has 26 heavy (non-hydrogen) atoms. The van der Waals surface area contributed by atoms with Gasteiger partial charge in [0, 0.05) is 16.6 Å². The third kappa shape index (κ3) is 3.48. The van der Waals surface area contributed by atoms with Crippen LogP contribution in [0.1, 0.15) is 35.8 Å². The number of H-pyrrole nitrogens is 1. The Morgan fingerprint density at radius 2 is 2.00 bits per heavy atom. The highest BCUT2D eigenvalue weighted by Gasteiger charge is 2.14. The van der Waals surface area contributed by atoms with Gasteiger partial charge < -0.3 is 10.3 Å². The molecule has 1 heterocycles. The molecule has 0 bridgehead atoms. The fourth-order valence-corrected chi connectivity index (χ4v) is 3.24. The molecule has 0 aliphatic carbocycles. The van der Waals surface area contributed by atoms with Gasteiger partial charge in [0.2, 0.25) is 0 Å². The van der Waals surface area contributed by atoms with Gasteiger partial charge in [-0.25, -0.2) is 4.79 Å². The Kier molecular flexibility index (Phi) is 5.08. The van der Waals surface area contributed by atoms with E-state index in [4.69, 9.17) is 0 Å². The standard InChI is InChI=1S/C19H18BrN3O3/c1-3-23-18(25)15-8-7-13(10-16(15)22-19(23)26)17(24)21-11(2)12-5-4-6-14(20)9-12/h4-11H,3H2,1-2H3,(H,21,24)(H,22,26). The SMILES string of the molecule is CCn1c(=O)[nH]c2cc(C(=O)NC(C)c3cccc(Br)c3)ccc2c1=O. The number of aromatic nitrogens is 2. The normalized spacial score (nSPS) is 12.1. The van der Waals surface area contributed by atoms with E-state index in [0.29, 0.717) is 16.5 Å². The van der Waals surface area contributed by atoms with Gasteiger partial charge in [0.1, 0.15) is 0 Å². The second-order valence-electron chi connectivity index (χ2n) is 5.99. The third-order valence-electron chi connectivity index (χ3n) is 4.26. The monoisotopic (exact) mass is 415 g/mol. The summed E-state index contributed by atoms with van der Waals surface area (Å²) in [6, 6.07) is 12.2. The number of aromatic amines is 1. The van der Waals surface area contributed by atoms with Crippen LogP contribution >= 0.6 is 15.9 Å². The highest BCUT2D eigenvalue weighted by molar-refractivity contribution is 9.10. The molecular weight excluding hydrogens is 398 g/mol. The summed E-state index contributed by atoms with van der Waals surface area (Å²) >= 11 is 3.42. The lowest BCUT2D eigenvalue weighted by Gasteiger charge is -2.15. The predicted octanol–water partition coefficient (Wildman–Crippen LogP) is 2.96. The highest BCUT2D eigenvalue weighted by Crippen LogP contribution is 2.18. The number of carbonyl (C=O) groups excluding carboxylic acids is 1. The van der Waals surface area contributed by atoms with E-state index in [2.05, 4.69) is 26.2 Å². The summed E-state index contributed by atoms with van der Waals surface area (Å²) < 4.78 is 2.06. The van der Waals surface area contributed by atoms with Crippen molar-refractivity contribution in [3.05, 3.63) is 78.9 Å². The average Bonchev–Trinajstić information content (AvgIpc) is 2.61. The molecule has 0 aliphatic rings. The van der Waals surface area contributed by atoms with Crippen LogP contribution in [0.15, 0.2) is 56.5 Å². The maximum atomic E-state index is 12.6. The van der Waals surface area contributed by atoms with E-state index < -0.39 is 5.69 Å². The van der Waals surface area contributed by atoms with Crippen molar-refractivity contribution in [1.82, 2.24) is 14.9 Å². The molecule has 0 aliphatic heterocycles. The number of fused-ring (bicyclic) bond motifs is 1. The number of hydrogen-bond donors (Lipinski definition) is 2. The Bertz CT molecular complexity index is 1100. The van der Waals surface area contributed by atoms with Gasteiger partial charge in [-0.1, -0.05) is 28.1 Å². The molecule has 0 fully saturated rings. The van der Waals surface area contributed by atoms with E-state index >= 15 is 0 Å². The van der Waals surface area contributed by atoms with Crippen LogP contribution in [0, 0.1) is 0 Å². The zero-order chi connectivity index (χ0) is 18.8. The minimum atomic E-state index is -0.481. The molecule has 1 amide bonds. The summed E-state index contributed by atoms with van der Waals surface area (Å²) in [5.41, 5.74) is 0.856. The molecular formula is C19H18BrN3O3. The van der Waals surface area contributed by atoms with E-state index in [1.165, 1.54) is 6.07 Å². The van der Waals surface area contributed by atoms with Crippen LogP contribution in [-0.4, -0.2) is 15.5 Å². The van der Waals surface area contributed by atoms with Gasteiger partial charge >= 0.3 is 5.69 Å². The number of nitrogens with zero attached hydrogens (tertiary/aromatic N) is 1. The first kappa shape index (κ1) is 18.1. The number of nitrogens with one attached hydrogen (secondary N) is 2. The molecule has 2 aromatic carbocycles. The Balaban J connectivity index is 1.91. The minimum Gasteiger partial charge on any atom is -0.346 e. The van der Waals surface area contributed by atoms with Crippen molar-refractivity contribution in [3.63, 3.8) is 0 Å². The molecule has 6 nitrogen and oxygen atoms in total. The summed E-state index contributed by atoms with van der Waals surface area (Å²) in [6.45, 7) is 3.91. The van der Waals surface area contributed by atoms with Crippen LogP contribution in [0.5, 0.6) is 0 Å². The molecule has 0 saturated heterocycles. The number of hydrogen-bond acceptors (Lipinski definition) is 3. The Morgan fingerprint density at radius 3 is 2.69 bits per heavy atom. The molecule has 0 spiro atoms. The number of benzene rings is 2. The van der Waals surface area contributed by atoms with E-state index in [9.17, 15) is 14.4 Å². The van der Waals surface area contributed by atoms with Crippen LogP contribution in [0.3, 0.4) is 0 Å². The van der Waals surface area contributed by atoms with E-state index in [1.807, 2.05) is 31.2 Å². The number of halogens is 1. The Labute approximate surface area is 158 Å². The van der Waals surface area contributed by atoms with Crippen LogP contribution in [0.25, 0.3) is 10.9 Å². The van der Waals surface area contributed by atoms with Crippen molar-refractivity contribution < 1.29 is 4.79 Å². The fraction of sp³-hybridized carbons (Fsp3) is 0.211. The molecule has 3 aromatic rings. The summed E-state index contributed by atoms with van der Waals surface area (Å²) in [7, 11) is 0. The smallest absolute Gasteiger partial charge is 0.328 e. The molecule has 0 radical (unpaired) electrons.